The molecule has 0 aliphatic rings. The average Bonchev–Trinajstić information content (AvgIpc) is 3.48. The standard InChI is InChI=1S/C26H25N3O3S/c1-26(2,3)32-25(30)21(16-19-11-7-13-31-19)29-24-20(15-18-9-5-4-6-10-18)28-22(17-27-24)23-12-8-14-33-23/h4-14,16-17H,15H2,1-3H3,(H,27,29)/b21-16+. The number of ether oxygens (including phenoxy) is 1. The molecule has 0 saturated carbocycles. The molecule has 6 nitrogen and oxygen atoms in total. The van der Waals surface area contributed by atoms with Crippen LogP contribution in [0.3, 0.4) is 0 Å². The van der Waals surface area contributed by atoms with Gasteiger partial charge in [-0.3, -0.25) is 0 Å². The summed E-state index contributed by atoms with van der Waals surface area (Å²) in [6, 6.07) is 17.5. The molecule has 0 bridgehead atoms. The second kappa shape index (κ2) is 9.83. The van der Waals surface area contributed by atoms with Crippen molar-refractivity contribution in [2.45, 2.75) is 32.8 Å². The molecule has 0 atom stereocenters. The molecule has 1 N–H and O–H groups in total. The Bertz CT molecular complexity index is 1230. The first-order chi connectivity index (χ1) is 15.9. The minimum Gasteiger partial charge on any atom is -0.465 e. The van der Waals surface area contributed by atoms with E-state index in [9.17, 15) is 4.79 Å². The van der Waals surface area contributed by atoms with E-state index in [1.54, 1.807) is 42.0 Å². The van der Waals surface area contributed by atoms with Crippen LogP contribution in [0, 0.1) is 0 Å². The maximum atomic E-state index is 13.0. The predicted molar refractivity (Wildman–Crippen MR) is 131 cm³/mol. The Balaban J connectivity index is 1.72. The molecular formula is C26H25N3O3S. The zero-order valence-electron chi connectivity index (χ0n) is 18.7. The molecule has 0 aliphatic carbocycles. The molecule has 4 rings (SSSR count). The smallest absolute Gasteiger partial charge is 0.355 e. The second-order valence-electron chi connectivity index (χ2n) is 8.39. The Morgan fingerprint density at radius 2 is 1.94 bits per heavy atom. The summed E-state index contributed by atoms with van der Waals surface area (Å²) >= 11 is 1.60. The van der Waals surface area contributed by atoms with Crippen LogP contribution in [0.25, 0.3) is 16.6 Å². The molecule has 0 amide bonds. The molecule has 0 aliphatic heterocycles. The summed E-state index contributed by atoms with van der Waals surface area (Å²) in [7, 11) is 0. The number of furan rings is 1. The Kier molecular flexibility index (Phi) is 6.70. The molecule has 0 spiro atoms. The zero-order valence-corrected chi connectivity index (χ0v) is 19.6. The van der Waals surface area contributed by atoms with Crippen LogP contribution in [0.4, 0.5) is 5.82 Å². The van der Waals surface area contributed by atoms with E-state index in [-0.39, 0.29) is 5.70 Å². The largest absolute Gasteiger partial charge is 0.465 e. The number of thiophene rings is 1. The van der Waals surface area contributed by atoms with Gasteiger partial charge < -0.3 is 14.5 Å². The fraction of sp³-hybridized carbons (Fsp3) is 0.192. The number of nitrogens with one attached hydrogen (secondary N) is 1. The van der Waals surface area contributed by atoms with Crippen molar-refractivity contribution in [3.63, 3.8) is 0 Å². The number of carbonyl (C=O) groups is 1. The molecule has 0 unspecified atom stereocenters. The molecular weight excluding hydrogens is 434 g/mol. The molecule has 1 aromatic carbocycles. The third-order valence-corrected chi connectivity index (χ3v) is 5.43. The minimum atomic E-state index is -0.650. The van der Waals surface area contributed by atoms with Crippen LogP contribution in [0.1, 0.15) is 37.8 Å². The number of hydrogen-bond donors (Lipinski definition) is 1. The SMILES string of the molecule is CC(C)(C)OC(=O)/C(=C\c1ccco1)Nc1ncc(-c2cccs2)nc1Cc1ccccc1. The third kappa shape index (κ3) is 6.17. The summed E-state index contributed by atoms with van der Waals surface area (Å²) in [5.41, 5.74) is 2.17. The van der Waals surface area contributed by atoms with Crippen LogP contribution in [-0.4, -0.2) is 21.5 Å². The lowest BCUT2D eigenvalue weighted by molar-refractivity contribution is -0.149. The van der Waals surface area contributed by atoms with E-state index < -0.39 is 11.6 Å². The topological polar surface area (TPSA) is 77.2 Å². The van der Waals surface area contributed by atoms with Gasteiger partial charge in [-0.1, -0.05) is 36.4 Å². The maximum Gasteiger partial charge on any atom is 0.355 e. The van der Waals surface area contributed by atoms with E-state index in [1.165, 1.54) is 0 Å². The van der Waals surface area contributed by atoms with E-state index in [0.717, 1.165) is 21.8 Å². The molecule has 4 aromatic rings. The Hall–Kier alpha value is -3.71. The number of nitrogens with zero attached hydrogens (tertiary/aromatic N) is 2. The van der Waals surface area contributed by atoms with Crippen LogP contribution in [0.15, 0.2) is 82.6 Å². The number of benzene rings is 1. The lowest BCUT2D eigenvalue weighted by Crippen LogP contribution is -2.27. The molecule has 0 saturated heterocycles. The average molecular weight is 460 g/mol. The van der Waals surface area contributed by atoms with Gasteiger partial charge in [0.05, 0.1) is 28.7 Å². The summed E-state index contributed by atoms with van der Waals surface area (Å²) in [5.74, 6) is 0.507. The van der Waals surface area contributed by atoms with Gasteiger partial charge in [0.1, 0.15) is 17.1 Å². The van der Waals surface area contributed by atoms with Gasteiger partial charge in [-0.2, -0.15) is 0 Å². The van der Waals surface area contributed by atoms with Gasteiger partial charge in [0, 0.05) is 12.5 Å². The minimum absolute atomic E-state index is 0.215. The van der Waals surface area contributed by atoms with Crippen molar-refractivity contribution in [2.24, 2.45) is 0 Å². The lowest BCUT2D eigenvalue weighted by Gasteiger charge is -2.21. The van der Waals surface area contributed by atoms with Gasteiger partial charge >= 0.3 is 5.97 Å². The molecule has 3 aromatic heterocycles. The van der Waals surface area contributed by atoms with Crippen LogP contribution in [0.2, 0.25) is 0 Å². The highest BCUT2D eigenvalue weighted by Crippen LogP contribution is 2.26. The van der Waals surface area contributed by atoms with E-state index in [1.807, 2.05) is 68.6 Å². The summed E-state index contributed by atoms with van der Waals surface area (Å²) < 4.78 is 11.0. The van der Waals surface area contributed by atoms with Gasteiger partial charge in [0.15, 0.2) is 5.82 Å². The van der Waals surface area contributed by atoms with Crippen molar-refractivity contribution in [3.05, 3.63) is 95.2 Å². The fourth-order valence-electron chi connectivity index (χ4n) is 3.11. The lowest BCUT2D eigenvalue weighted by atomic mass is 10.1. The van der Waals surface area contributed by atoms with Crippen molar-refractivity contribution < 1.29 is 13.9 Å². The van der Waals surface area contributed by atoms with Crippen molar-refractivity contribution in [1.29, 1.82) is 0 Å². The Morgan fingerprint density at radius 3 is 2.61 bits per heavy atom. The van der Waals surface area contributed by atoms with Crippen molar-refractivity contribution >= 4 is 29.2 Å². The molecule has 7 heteroatoms. The van der Waals surface area contributed by atoms with Crippen molar-refractivity contribution in [1.82, 2.24) is 9.97 Å². The number of anilines is 1. The van der Waals surface area contributed by atoms with E-state index in [2.05, 4.69) is 10.3 Å². The monoisotopic (exact) mass is 459 g/mol. The number of carbonyl (C=O) groups excluding carboxylic acids is 1. The first-order valence-electron chi connectivity index (χ1n) is 10.6. The highest BCUT2D eigenvalue weighted by Gasteiger charge is 2.22. The first kappa shape index (κ1) is 22.5. The van der Waals surface area contributed by atoms with Crippen molar-refractivity contribution in [3.8, 4) is 10.6 Å². The van der Waals surface area contributed by atoms with E-state index >= 15 is 0 Å². The number of hydrogen-bond acceptors (Lipinski definition) is 7. The number of rotatable bonds is 7. The van der Waals surface area contributed by atoms with Gasteiger partial charge in [0.2, 0.25) is 0 Å². The normalized spacial score (nSPS) is 11.9. The van der Waals surface area contributed by atoms with Crippen molar-refractivity contribution in [2.75, 3.05) is 5.32 Å². The summed E-state index contributed by atoms with van der Waals surface area (Å²) in [5, 5.41) is 5.16. The summed E-state index contributed by atoms with van der Waals surface area (Å²) in [6.07, 6.45) is 5.42. The molecule has 0 radical (unpaired) electrons. The molecule has 0 fully saturated rings. The van der Waals surface area contributed by atoms with Crippen LogP contribution in [0.5, 0.6) is 0 Å². The predicted octanol–water partition coefficient (Wildman–Crippen LogP) is 6.18. The first-order valence-corrected chi connectivity index (χ1v) is 11.4. The van der Waals surface area contributed by atoms with Gasteiger partial charge in [-0.25, -0.2) is 14.8 Å². The van der Waals surface area contributed by atoms with E-state index in [0.29, 0.717) is 18.0 Å². The molecule has 33 heavy (non-hydrogen) atoms. The Labute approximate surface area is 197 Å². The quantitative estimate of drug-likeness (QED) is 0.262. The summed E-state index contributed by atoms with van der Waals surface area (Å²) in [6.45, 7) is 5.48. The summed E-state index contributed by atoms with van der Waals surface area (Å²) in [4.78, 5) is 23.5. The maximum absolute atomic E-state index is 13.0. The van der Waals surface area contributed by atoms with E-state index in [4.69, 9.17) is 14.1 Å². The Morgan fingerprint density at radius 1 is 1.12 bits per heavy atom. The number of aromatic nitrogens is 2. The zero-order chi connectivity index (χ0) is 23.3. The molecule has 168 valence electrons. The van der Waals surface area contributed by atoms with Crippen LogP contribution < -0.4 is 5.32 Å². The van der Waals surface area contributed by atoms with Gasteiger partial charge in [0.25, 0.3) is 0 Å². The van der Waals surface area contributed by atoms with Gasteiger partial charge in [-0.15, -0.1) is 11.3 Å². The number of esters is 1. The third-order valence-electron chi connectivity index (χ3n) is 4.53. The second-order valence-corrected chi connectivity index (χ2v) is 9.34. The van der Waals surface area contributed by atoms with Crippen LogP contribution in [-0.2, 0) is 16.0 Å². The molecule has 3 heterocycles. The fourth-order valence-corrected chi connectivity index (χ4v) is 3.79. The van der Waals surface area contributed by atoms with Gasteiger partial charge in [-0.05, 0) is 49.9 Å². The highest BCUT2D eigenvalue weighted by atomic mass is 32.1. The van der Waals surface area contributed by atoms with Crippen LogP contribution >= 0.6 is 11.3 Å². The highest BCUT2D eigenvalue weighted by molar-refractivity contribution is 7.13.